The second-order valence-corrected chi connectivity index (χ2v) is 3.46. The number of hydrogen-bond donors (Lipinski definition) is 0. The third-order valence-corrected chi connectivity index (χ3v) is 2.27. The first-order valence-electron chi connectivity index (χ1n) is 5.03. The van der Waals surface area contributed by atoms with Crippen LogP contribution >= 0.6 is 0 Å². The molecule has 0 atom stereocenters. The number of nitro benzene ring substituents is 1. The molecule has 1 aromatic carbocycles. The number of benzene rings is 1. The van der Waals surface area contributed by atoms with Crippen molar-refractivity contribution in [2.45, 2.75) is 25.7 Å². The van der Waals surface area contributed by atoms with Crippen molar-refractivity contribution in [1.29, 1.82) is 0 Å². The molecule has 0 amide bonds. The van der Waals surface area contributed by atoms with Gasteiger partial charge in [0, 0.05) is 17.6 Å². The van der Waals surface area contributed by atoms with Crippen molar-refractivity contribution in [2.24, 2.45) is 0 Å². The van der Waals surface area contributed by atoms with Crippen LogP contribution in [-0.4, -0.2) is 10.9 Å². The summed E-state index contributed by atoms with van der Waals surface area (Å²) in [4.78, 5) is 20.4. The van der Waals surface area contributed by atoms with E-state index in [0.717, 1.165) is 0 Å². The Morgan fingerprint density at radius 3 is 2.56 bits per heavy atom. The zero-order chi connectivity index (χ0) is 12.0. The van der Waals surface area contributed by atoms with Gasteiger partial charge >= 0.3 is 0 Å². The Morgan fingerprint density at radius 1 is 1.25 bits per heavy atom. The second-order valence-electron chi connectivity index (χ2n) is 3.46. The molecule has 16 heavy (non-hydrogen) atoms. The topological polar surface area (TPSA) is 83.3 Å². The third kappa shape index (κ3) is 3.68. The minimum absolute atomic E-state index is 0.000626. The van der Waals surface area contributed by atoms with Crippen molar-refractivity contribution in [3.8, 4) is 0 Å². The molecule has 0 saturated carbocycles. The first kappa shape index (κ1) is 12.2. The second kappa shape index (κ2) is 5.85. The van der Waals surface area contributed by atoms with E-state index in [-0.39, 0.29) is 12.1 Å². The molecular formula is C11H12NO4-. The van der Waals surface area contributed by atoms with E-state index >= 15 is 0 Å². The van der Waals surface area contributed by atoms with Gasteiger partial charge < -0.3 is 9.90 Å². The molecular weight excluding hydrogens is 210 g/mol. The van der Waals surface area contributed by atoms with Gasteiger partial charge in [0.2, 0.25) is 0 Å². The molecule has 0 aromatic heterocycles. The van der Waals surface area contributed by atoms with E-state index in [0.29, 0.717) is 24.8 Å². The summed E-state index contributed by atoms with van der Waals surface area (Å²) >= 11 is 0. The normalized spacial score (nSPS) is 10.0. The highest BCUT2D eigenvalue weighted by Crippen LogP contribution is 2.19. The SMILES string of the molecule is O=C([O-])CCCCc1ccccc1[N+](=O)[O-]. The quantitative estimate of drug-likeness (QED) is 0.409. The predicted octanol–water partition coefficient (Wildman–Crippen LogP) is 1.06. The first-order chi connectivity index (χ1) is 7.61. The van der Waals surface area contributed by atoms with Crippen LogP contribution in [0.4, 0.5) is 5.69 Å². The average Bonchev–Trinajstić information content (AvgIpc) is 2.24. The Kier molecular flexibility index (Phi) is 4.44. The highest BCUT2D eigenvalue weighted by Gasteiger charge is 2.11. The zero-order valence-electron chi connectivity index (χ0n) is 8.72. The summed E-state index contributed by atoms with van der Waals surface area (Å²) in [5, 5.41) is 20.8. The summed E-state index contributed by atoms with van der Waals surface area (Å²) in [7, 11) is 0. The first-order valence-corrected chi connectivity index (χ1v) is 5.03. The zero-order valence-corrected chi connectivity index (χ0v) is 8.72. The van der Waals surface area contributed by atoms with Gasteiger partial charge in [0.05, 0.1) is 4.92 Å². The van der Waals surface area contributed by atoms with Gasteiger partial charge in [-0.2, -0.15) is 0 Å². The number of aliphatic carboxylic acids is 1. The number of para-hydroxylation sites is 1. The number of unbranched alkanes of at least 4 members (excludes halogenated alkanes) is 1. The summed E-state index contributed by atoms with van der Waals surface area (Å²) in [6, 6.07) is 6.50. The lowest BCUT2D eigenvalue weighted by molar-refractivity contribution is -0.385. The standard InChI is InChI=1S/C11H13NO4/c13-11(14)8-4-2-6-9-5-1-3-7-10(9)12(15)16/h1,3,5,7H,2,4,6,8H2,(H,13,14)/p-1. The number of carboxylic acids is 1. The van der Waals surface area contributed by atoms with E-state index in [2.05, 4.69) is 0 Å². The van der Waals surface area contributed by atoms with E-state index in [1.54, 1.807) is 18.2 Å². The van der Waals surface area contributed by atoms with Crippen LogP contribution in [0.15, 0.2) is 24.3 Å². The maximum atomic E-state index is 10.7. The van der Waals surface area contributed by atoms with E-state index < -0.39 is 10.9 Å². The Hall–Kier alpha value is -1.91. The number of aryl methyl sites for hydroxylation is 1. The molecule has 0 heterocycles. The van der Waals surface area contributed by atoms with E-state index in [1.807, 2.05) is 0 Å². The van der Waals surface area contributed by atoms with E-state index in [1.165, 1.54) is 6.07 Å². The fourth-order valence-electron chi connectivity index (χ4n) is 1.49. The maximum Gasteiger partial charge on any atom is 0.272 e. The molecule has 0 N–H and O–H groups in total. The molecule has 86 valence electrons. The molecule has 0 aliphatic carbocycles. The van der Waals surface area contributed by atoms with Crippen LogP contribution in [0.5, 0.6) is 0 Å². The van der Waals surface area contributed by atoms with Gasteiger partial charge in [0.25, 0.3) is 5.69 Å². The number of hydrogen-bond acceptors (Lipinski definition) is 4. The molecule has 5 heteroatoms. The van der Waals surface area contributed by atoms with Gasteiger partial charge in [0.1, 0.15) is 0 Å². The minimum Gasteiger partial charge on any atom is -0.550 e. The summed E-state index contributed by atoms with van der Waals surface area (Å²) in [5.74, 6) is -1.08. The van der Waals surface area contributed by atoms with Crippen LogP contribution in [0.2, 0.25) is 0 Å². The van der Waals surface area contributed by atoms with Gasteiger partial charge in [-0.1, -0.05) is 18.2 Å². The Bertz CT molecular complexity index is 389. The van der Waals surface area contributed by atoms with Gasteiger partial charge in [-0.3, -0.25) is 10.1 Å². The van der Waals surface area contributed by atoms with Crippen molar-refractivity contribution < 1.29 is 14.8 Å². The number of carboxylic acid groups (broad SMARTS) is 1. The Balaban J connectivity index is 2.53. The Labute approximate surface area is 92.9 Å². The van der Waals surface area contributed by atoms with Gasteiger partial charge in [0.15, 0.2) is 0 Å². The fraction of sp³-hybridized carbons (Fsp3) is 0.364. The van der Waals surface area contributed by atoms with Crippen LogP contribution in [-0.2, 0) is 11.2 Å². The summed E-state index contributed by atoms with van der Waals surface area (Å²) in [6.07, 6.45) is 1.61. The maximum absolute atomic E-state index is 10.7. The average molecular weight is 222 g/mol. The summed E-state index contributed by atoms with van der Waals surface area (Å²) in [5.41, 5.74) is 0.738. The number of carbonyl (C=O) groups is 1. The number of carbonyl (C=O) groups excluding carboxylic acids is 1. The monoisotopic (exact) mass is 222 g/mol. The number of nitro groups is 1. The molecule has 0 aliphatic heterocycles. The lowest BCUT2D eigenvalue weighted by Gasteiger charge is -2.03. The largest absolute Gasteiger partial charge is 0.550 e. The molecule has 0 radical (unpaired) electrons. The van der Waals surface area contributed by atoms with Crippen molar-refractivity contribution in [3.63, 3.8) is 0 Å². The van der Waals surface area contributed by atoms with Crippen LogP contribution in [0.3, 0.4) is 0 Å². The molecule has 0 aliphatic rings. The molecule has 0 spiro atoms. The van der Waals surface area contributed by atoms with Crippen molar-refractivity contribution >= 4 is 11.7 Å². The molecule has 0 saturated heterocycles. The fourth-order valence-corrected chi connectivity index (χ4v) is 1.49. The van der Waals surface area contributed by atoms with Gasteiger partial charge in [-0.25, -0.2) is 0 Å². The van der Waals surface area contributed by atoms with Crippen LogP contribution in [0, 0.1) is 10.1 Å². The van der Waals surface area contributed by atoms with Crippen LogP contribution in [0.25, 0.3) is 0 Å². The summed E-state index contributed by atoms with van der Waals surface area (Å²) in [6.45, 7) is 0. The lowest BCUT2D eigenvalue weighted by Crippen LogP contribution is -2.21. The van der Waals surface area contributed by atoms with Crippen LogP contribution < -0.4 is 5.11 Å². The van der Waals surface area contributed by atoms with Crippen molar-refractivity contribution in [1.82, 2.24) is 0 Å². The third-order valence-electron chi connectivity index (χ3n) is 2.27. The minimum atomic E-state index is -1.08. The van der Waals surface area contributed by atoms with Crippen LogP contribution in [0.1, 0.15) is 24.8 Å². The van der Waals surface area contributed by atoms with Gasteiger partial charge in [-0.05, 0) is 25.7 Å². The highest BCUT2D eigenvalue weighted by atomic mass is 16.6. The van der Waals surface area contributed by atoms with E-state index in [4.69, 9.17) is 0 Å². The number of nitrogens with zero attached hydrogens (tertiary/aromatic N) is 1. The van der Waals surface area contributed by atoms with Crippen molar-refractivity contribution in [2.75, 3.05) is 0 Å². The van der Waals surface area contributed by atoms with Gasteiger partial charge in [-0.15, -0.1) is 0 Å². The number of rotatable bonds is 6. The highest BCUT2D eigenvalue weighted by molar-refractivity contribution is 5.64. The van der Waals surface area contributed by atoms with Crippen molar-refractivity contribution in [3.05, 3.63) is 39.9 Å². The smallest absolute Gasteiger partial charge is 0.272 e. The molecule has 1 rings (SSSR count). The summed E-state index contributed by atoms with van der Waals surface area (Å²) < 4.78 is 0. The van der Waals surface area contributed by atoms with E-state index in [9.17, 15) is 20.0 Å². The molecule has 0 fully saturated rings. The predicted molar refractivity (Wildman–Crippen MR) is 55.7 cm³/mol. The molecule has 1 aromatic rings. The lowest BCUT2D eigenvalue weighted by atomic mass is 10.1. The molecule has 0 unspecified atom stereocenters. The molecule has 0 bridgehead atoms. The molecule has 5 nitrogen and oxygen atoms in total. The Morgan fingerprint density at radius 2 is 1.94 bits per heavy atom.